The van der Waals surface area contributed by atoms with Gasteiger partial charge in [0.05, 0.1) is 25.1 Å². The normalized spacial score (nSPS) is 11.8. The van der Waals surface area contributed by atoms with Crippen LogP contribution in [0.5, 0.6) is 11.6 Å². The van der Waals surface area contributed by atoms with Gasteiger partial charge in [-0.05, 0) is 47.9 Å². The van der Waals surface area contributed by atoms with Crippen LogP contribution < -0.4 is 14.2 Å². The smallest absolute Gasteiger partial charge is 0.416 e. The average Bonchev–Trinajstić information content (AvgIpc) is 2.81. The highest BCUT2D eigenvalue weighted by Crippen LogP contribution is 2.32. The predicted molar refractivity (Wildman–Crippen MR) is 120 cm³/mol. The van der Waals surface area contributed by atoms with Crippen LogP contribution in [0, 0.1) is 0 Å². The summed E-state index contributed by atoms with van der Waals surface area (Å²) >= 11 is 0. The molecule has 0 fully saturated rings. The van der Waals surface area contributed by atoms with Crippen LogP contribution in [0.2, 0.25) is 0 Å². The van der Waals surface area contributed by atoms with Gasteiger partial charge < -0.3 is 9.47 Å². The number of halogens is 4. The summed E-state index contributed by atoms with van der Waals surface area (Å²) in [5, 5.41) is 0. The van der Waals surface area contributed by atoms with Gasteiger partial charge in [-0.15, -0.1) is 0 Å². The van der Waals surface area contributed by atoms with Crippen LogP contribution in [0.25, 0.3) is 11.1 Å². The second-order valence-electron chi connectivity index (χ2n) is 7.26. The van der Waals surface area contributed by atoms with E-state index in [1.54, 1.807) is 24.3 Å². The van der Waals surface area contributed by atoms with E-state index in [9.17, 15) is 26.0 Å². The van der Waals surface area contributed by atoms with E-state index >= 15 is 0 Å². The number of pyridine rings is 1. The van der Waals surface area contributed by atoms with Crippen molar-refractivity contribution in [2.45, 2.75) is 19.2 Å². The quantitative estimate of drug-likeness (QED) is 0.376. The van der Waals surface area contributed by atoms with Crippen molar-refractivity contribution in [1.29, 1.82) is 0 Å². The van der Waals surface area contributed by atoms with Crippen molar-refractivity contribution in [2.24, 2.45) is 0 Å². The molecule has 0 aliphatic heterocycles. The monoisotopic (exact) mass is 498 g/mol. The maximum absolute atomic E-state index is 12.9. The molecule has 0 aliphatic rings. The van der Waals surface area contributed by atoms with Gasteiger partial charge in [0.15, 0.2) is 0 Å². The van der Waals surface area contributed by atoms with Gasteiger partial charge in [0.25, 0.3) is 0 Å². The molecule has 0 spiro atoms. The van der Waals surface area contributed by atoms with E-state index in [2.05, 4.69) is 9.71 Å². The van der Waals surface area contributed by atoms with E-state index in [-0.39, 0.29) is 24.6 Å². The molecule has 182 valence electrons. The Bertz CT molecular complexity index is 1230. The molecular formula is C23H22F4N2O4S. The van der Waals surface area contributed by atoms with Crippen molar-refractivity contribution in [3.63, 3.8) is 0 Å². The lowest BCUT2D eigenvalue weighted by Gasteiger charge is -2.13. The molecule has 0 radical (unpaired) electrons. The van der Waals surface area contributed by atoms with Crippen LogP contribution in [-0.4, -0.2) is 32.9 Å². The third-order valence-electron chi connectivity index (χ3n) is 4.68. The summed E-state index contributed by atoms with van der Waals surface area (Å²) in [5.41, 5.74) is 0.855. The van der Waals surface area contributed by atoms with Crippen molar-refractivity contribution in [3.05, 3.63) is 71.9 Å². The molecule has 0 atom stereocenters. The van der Waals surface area contributed by atoms with Gasteiger partial charge in [0, 0.05) is 11.8 Å². The van der Waals surface area contributed by atoms with Crippen molar-refractivity contribution in [1.82, 2.24) is 4.98 Å². The molecule has 0 aliphatic carbocycles. The summed E-state index contributed by atoms with van der Waals surface area (Å²) in [7, 11) is -2.47. The number of sulfonamides is 1. The van der Waals surface area contributed by atoms with Gasteiger partial charge in [-0.2, -0.15) is 13.2 Å². The number of rotatable bonds is 10. The Morgan fingerprint density at radius 3 is 2.50 bits per heavy atom. The Morgan fingerprint density at radius 1 is 1.03 bits per heavy atom. The fourth-order valence-electron chi connectivity index (χ4n) is 3.08. The lowest BCUT2D eigenvalue weighted by atomic mass is 10.1. The zero-order valence-corrected chi connectivity index (χ0v) is 18.9. The van der Waals surface area contributed by atoms with Gasteiger partial charge in [-0.3, -0.25) is 9.11 Å². The summed E-state index contributed by atoms with van der Waals surface area (Å²) in [6.07, 6.45) is -3.11. The Kier molecular flexibility index (Phi) is 7.98. The Morgan fingerprint density at radius 2 is 1.79 bits per heavy atom. The molecule has 1 N–H and O–H groups in total. The second-order valence-corrected chi connectivity index (χ2v) is 9.10. The first-order chi connectivity index (χ1) is 16.1. The number of nitrogens with one attached hydrogen (secondary N) is 1. The molecule has 0 bridgehead atoms. The highest BCUT2D eigenvalue weighted by molar-refractivity contribution is 7.92. The van der Waals surface area contributed by atoms with Gasteiger partial charge in [-0.1, -0.05) is 24.3 Å². The van der Waals surface area contributed by atoms with E-state index in [0.29, 0.717) is 22.4 Å². The topological polar surface area (TPSA) is 77.5 Å². The first-order valence-corrected chi connectivity index (χ1v) is 11.8. The molecule has 3 aromatic rings. The van der Waals surface area contributed by atoms with Gasteiger partial charge in [0.2, 0.25) is 15.9 Å². The highest BCUT2D eigenvalue weighted by atomic mass is 32.2. The van der Waals surface area contributed by atoms with Crippen molar-refractivity contribution >= 4 is 15.7 Å². The molecular weight excluding hydrogens is 476 g/mol. The zero-order chi connectivity index (χ0) is 24.8. The number of methoxy groups -OCH3 is 1. The number of aromatic nitrogens is 1. The van der Waals surface area contributed by atoms with Crippen LogP contribution in [0.15, 0.2) is 60.8 Å². The van der Waals surface area contributed by atoms with Crippen molar-refractivity contribution < 1.29 is 35.5 Å². The van der Waals surface area contributed by atoms with Crippen molar-refractivity contribution in [3.8, 4) is 22.8 Å². The summed E-state index contributed by atoms with van der Waals surface area (Å²) in [5.74, 6) is 0.0516. The summed E-state index contributed by atoms with van der Waals surface area (Å²) in [6, 6.07) is 13.1. The Hall–Kier alpha value is -3.34. The number of benzene rings is 2. The van der Waals surface area contributed by atoms with Crippen molar-refractivity contribution in [2.75, 3.05) is 24.3 Å². The molecule has 0 saturated carbocycles. The first-order valence-electron chi connectivity index (χ1n) is 10.1. The second kappa shape index (κ2) is 10.7. The third kappa shape index (κ3) is 6.83. The zero-order valence-electron chi connectivity index (χ0n) is 18.1. The van der Waals surface area contributed by atoms with E-state index in [4.69, 9.17) is 9.47 Å². The molecule has 11 heteroatoms. The maximum atomic E-state index is 12.9. The molecule has 1 heterocycles. The minimum Gasteiger partial charge on any atom is -0.489 e. The molecule has 2 aromatic carbocycles. The van der Waals surface area contributed by atoms with Gasteiger partial charge >= 0.3 is 6.18 Å². The molecule has 0 saturated heterocycles. The molecule has 3 rings (SSSR count). The largest absolute Gasteiger partial charge is 0.489 e. The van der Waals surface area contributed by atoms with Gasteiger partial charge in [-0.25, -0.2) is 13.4 Å². The van der Waals surface area contributed by atoms with Crippen LogP contribution in [-0.2, 0) is 22.8 Å². The summed E-state index contributed by atoms with van der Waals surface area (Å²) in [6.45, 7) is -0.836. The molecule has 6 nitrogen and oxygen atoms in total. The maximum Gasteiger partial charge on any atom is 0.416 e. The van der Waals surface area contributed by atoms with E-state index in [1.165, 1.54) is 31.5 Å². The number of alkyl halides is 4. The average molecular weight is 498 g/mol. The Balaban J connectivity index is 1.80. The van der Waals surface area contributed by atoms with Gasteiger partial charge in [0.1, 0.15) is 18.0 Å². The highest BCUT2D eigenvalue weighted by Gasteiger charge is 2.30. The van der Waals surface area contributed by atoms with Crippen LogP contribution in [0.1, 0.15) is 17.5 Å². The first kappa shape index (κ1) is 25.3. The lowest BCUT2D eigenvalue weighted by molar-refractivity contribution is -0.137. The molecule has 0 amide bonds. The number of ether oxygens (including phenoxy) is 2. The molecule has 34 heavy (non-hydrogen) atoms. The standard InChI is InChI=1S/C23H22F4N2O4S/c1-32-22-21(29-34(30,31)10-4-9-24)13-18(14-28-22)17-6-3-8-20(12-17)33-15-16-5-2-7-19(11-16)23(25,26)27/h2-3,5-8,11-14,29H,4,9-10,15H2,1H3. The fraction of sp³-hybridized carbons (Fsp3) is 0.261. The van der Waals surface area contributed by atoms with Crippen LogP contribution >= 0.6 is 0 Å². The minimum atomic E-state index is -4.44. The van der Waals surface area contributed by atoms with E-state index < -0.39 is 34.2 Å². The number of nitrogens with zero attached hydrogens (tertiary/aromatic N) is 1. The Labute approximate surface area is 194 Å². The van der Waals surface area contributed by atoms with Crippen LogP contribution in [0.4, 0.5) is 23.2 Å². The van der Waals surface area contributed by atoms with E-state index in [1.807, 2.05) is 0 Å². The molecule has 1 aromatic heterocycles. The summed E-state index contributed by atoms with van der Waals surface area (Å²) in [4.78, 5) is 4.12. The minimum absolute atomic E-state index is 0.0459. The molecule has 0 unspecified atom stereocenters. The predicted octanol–water partition coefficient (Wildman–Crippen LogP) is 5.46. The fourth-order valence-corrected chi connectivity index (χ4v) is 4.15. The number of hydrogen-bond acceptors (Lipinski definition) is 5. The number of hydrogen-bond donors (Lipinski definition) is 1. The lowest BCUT2D eigenvalue weighted by Crippen LogP contribution is -2.18. The van der Waals surface area contributed by atoms with Crippen LogP contribution in [0.3, 0.4) is 0 Å². The summed E-state index contributed by atoms with van der Waals surface area (Å²) < 4.78 is 88.6. The number of anilines is 1. The SMILES string of the molecule is COc1ncc(-c2cccc(OCc3cccc(C(F)(F)F)c3)c2)cc1NS(=O)(=O)CCCF. The van der Waals surface area contributed by atoms with E-state index in [0.717, 1.165) is 12.1 Å². The third-order valence-corrected chi connectivity index (χ3v) is 6.04.